The summed E-state index contributed by atoms with van der Waals surface area (Å²) in [5.41, 5.74) is 0. The van der Waals surface area contributed by atoms with Crippen molar-refractivity contribution in [2.45, 2.75) is 52.5 Å². The van der Waals surface area contributed by atoms with E-state index >= 15 is 0 Å². The van der Waals surface area contributed by atoms with Crippen molar-refractivity contribution in [3.63, 3.8) is 0 Å². The molecule has 1 aliphatic carbocycles. The average molecular weight is 198 g/mol. The van der Waals surface area contributed by atoms with Crippen LogP contribution >= 0.6 is 0 Å². The lowest BCUT2D eigenvalue weighted by Gasteiger charge is -2.26. The van der Waals surface area contributed by atoms with Gasteiger partial charge in [-0.15, -0.1) is 13.2 Å². The second kappa shape index (κ2) is 4.84. The standard InChI is InChI=1S/C8H13F3O.CH4/c1-6-2-4-7(5-3-6)12-8(9,10)11;/h6-7H,2-5H2,1H3;1H4. The predicted molar refractivity (Wildman–Crippen MR) is 45.3 cm³/mol. The highest BCUT2D eigenvalue weighted by molar-refractivity contribution is 4.70. The number of hydrogen-bond acceptors (Lipinski definition) is 1. The number of alkyl halides is 3. The summed E-state index contributed by atoms with van der Waals surface area (Å²) in [6, 6.07) is 0. The first kappa shape index (κ1) is 12.8. The van der Waals surface area contributed by atoms with Gasteiger partial charge in [0.05, 0.1) is 6.10 Å². The molecule has 0 bridgehead atoms. The molecule has 0 radical (unpaired) electrons. The van der Waals surface area contributed by atoms with Crippen LogP contribution in [-0.4, -0.2) is 12.5 Å². The molecule has 1 saturated carbocycles. The van der Waals surface area contributed by atoms with E-state index in [0.717, 1.165) is 12.8 Å². The van der Waals surface area contributed by atoms with E-state index in [1.165, 1.54) is 0 Å². The van der Waals surface area contributed by atoms with Crippen molar-refractivity contribution in [1.29, 1.82) is 0 Å². The molecule has 13 heavy (non-hydrogen) atoms. The van der Waals surface area contributed by atoms with Gasteiger partial charge in [0.15, 0.2) is 0 Å². The van der Waals surface area contributed by atoms with Crippen molar-refractivity contribution in [2.75, 3.05) is 0 Å². The fourth-order valence-corrected chi connectivity index (χ4v) is 1.54. The second-order valence-corrected chi connectivity index (χ2v) is 3.45. The molecule has 0 saturated heterocycles. The third-order valence-electron chi connectivity index (χ3n) is 2.26. The lowest BCUT2D eigenvalue weighted by Crippen LogP contribution is -2.27. The van der Waals surface area contributed by atoms with Crippen LogP contribution in [0.3, 0.4) is 0 Å². The molecular formula is C9H17F3O. The molecule has 0 spiro atoms. The Morgan fingerprint density at radius 1 is 1.08 bits per heavy atom. The van der Waals surface area contributed by atoms with E-state index in [2.05, 4.69) is 11.7 Å². The van der Waals surface area contributed by atoms with Gasteiger partial charge in [-0.1, -0.05) is 14.4 Å². The Morgan fingerprint density at radius 3 is 1.92 bits per heavy atom. The Morgan fingerprint density at radius 2 is 1.54 bits per heavy atom. The maximum atomic E-state index is 11.7. The van der Waals surface area contributed by atoms with Crippen LogP contribution in [0.4, 0.5) is 13.2 Å². The Kier molecular flexibility index (Phi) is 4.75. The van der Waals surface area contributed by atoms with Gasteiger partial charge in [0.1, 0.15) is 0 Å². The van der Waals surface area contributed by atoms with Gasteiger partial charge in [0.25, 0.3) is 0 Å². The van der Waals surface area contributed by atoms with Crippen molar-refractivity contribution < 1.29 is 17.9 Å². The molecule has 0 unspecified atom stereocenters. The van der Waals surface area contributed by atoms with E-state index in [0.29, 0.717) is 18.8 Å². The molecule has 1 aliphatic rings. The number of halogens is 3. The zero-order valence-corrected chi connectivity index (χ0v) is 7.03. The highest BCUT2D eigenvalue weighted by Crippen LogP contribution is 2.30. The van der Waals surface area contributed by atoms with E-state index in [4.69, 9.17) is 0 Å². The molecule has 80 valence electrons. The minimum Gasteiger partial charge on any atom is -0.289 e. The first-order valence-electron chi connectivity index (χ1n) is 4.22. The van der Waals surface area contributed by atoms with Crippen LogP contribution in [0.15, 0.2) is 0 Å². The molecule has 0 aromatic heterocycles. The minimum atomic E-state index is -4.45. The molecule has 1 nitrogen and oxygen atoms in total. The SMILES string of the molecule is C.CC1CCC(OC(F)(F)F)CC1. The van der Waals surface area contributed by atoms with Crippen molar-refractivity contribution in [3.8, 4) is 0 Å². The molecular weight excluding hydrogens is 181 g/mol. The van der Waals surface area contributed by atoms with Crippen LogP contribution in [0.1, 0.15) is 40.0 Å². The molecule has 4 heteroatoms. The quantitative estimate of drug-likeness (QED) is 0.623. The van der Waals surface area contributed by atoms with Gasteiger partial charge in [-0.25, -0.2) is 0 Å². The van der Waals surface area contributed by atoms with E-state index in [1.54, 1.807) is 0 Å². The summed E-state index contributed by atoms with van der Waals surface area (Å²) in [5.74, 6) is 0.554. The van der Waals surface area contributed by atoms with Crippen molar-refractivity contribution in [1.82, 2.24) is 0 Å². The summed E-state index contributed by atoms with van der Waals surface area (Å²) in [6.45, 7) is 2.06. The fraction of sp³-hybridized carbons (Fsp3) is 1.00. The molecule has 0 N–H and O–H groups in total. The Hall–Kier alpha value is -0.250. The Labute approximate surface area is 77.3 Å². The Bertz CT molecular complexity index is 136. The van der Waals surface area contributed by atoms with Crippen molar-refractivity contribution >= 4 is 0 Å². The third kappa shape index (κ3) is 5.13. The molecule has 1 fully saturated rings. The maximum Gasteiger partial charge on any atom is 0.522 e. The van der Waals surface area contributed by atoms with Crippen LogP contribution in [0, 0.1) is 5.92 Å². The van der Waals surface area contributed by atoms with E-state index < -0.39 is 12.5 Å². The minimum absolute atomic E-state index is 0. The van der Waals surface area contributed by atoms with E-state index in [9.17, 15) is 13.2 Å². The van der Waals surface area contributed by atoms with Gasteiger partial charge in [0, 0.05) is 0 Å². The summed E-state index contributed by atoms with van der Waals surface area (Å²) in [5, 5.41) is 0. The van der Waals surface area contributed by atoms with Crippen LogP contribution in [-0.2, 0) is 4.74 Å². The van der Waals surface area contributed by atoms with Gasteiger partial charge in [-0.2, -0.15) is 0 Å². The van der Waals surface area contributed by atoms with Gasteiger partial charge in [-0.05, 0) is 31.6 Å². The van der Waals surface area contributed by atoms with Crippen LogP contribution in [0.25, 0.3) is 0 Å². The lowest BCUT2D eigenvalue weighted by atomic mass is 9.89. The molecule has 0 aliphatic heterocycles. The first-order chi connectivity index (χ1) is 5.47. The normalized spacial score (nSPS) is 29.5. The number of ether oxygens (including phenoxy) is 1. The van der Waals surface area contributed by atoms with Gasteiger partial charge < -0.3 is 0 Å². The smallest absolute Gasteiger partial charge is 0.289 e. The number of rotatable bonds is 1. The maximum absolute atomic E-state index is 11.7. The molecule has 0 heterocycles. The topological polar surface area (TPSA) is 9.23 Å². The lowest BCUT2D eigenvalue weighted by molar-refractivity contribution is -0.345. The monoisotopic (exact) mass is 198 g/mol. The van der Waals surface area contributed by atoms with Crippen LogP contribution < -0.4 is 0 Å². The molecule has 1 rings (SSSR count). The summed E-state index contributed by atoms with van der Waals surface area (Å²) < 4.78 is 39.1. The largest absolute Gasteiger partial charge is 0.522 e. The molecule has 0 aromatic carbocycles. The summed E-state index contributed by atoms with van der Waals surface area (Å²) >= 11 is 0. The highest BCUT2D eigenvalue weighted by atomic mass is 19.4. The van der Waals surface area contributed by atoms with E-state index in [-0.39, 0.29) is 7.43 Å². The summed E-state index contributed by atoms with van der Waals surface area (Å²) in [7, 11) is 0. The predicted octanol–water partition coefficient (Wildman–Crippen LogP) is 3.74. The summed E-state index contributed by atoms with van der Waals surface area (Å²) in [6.07, 6.45) is -2.27. The van der Waals surface area contributed by atoms with E-state index in [1.807, 2.05) is 0 Å². The van der Waals surface area contributed by atoms with Crippen molar-refractivity contribution in [2.24, 2.45) is 5.92 Å². The second-order valence-electron chi connectivity index (χ2n) is 3.45. The highest BCUT2D eigenvalue weighted by Gasteiger charge is 2.34. The fourth-order valence-electron chi connectivity index (χ4n) is 1.54. The first-order valence-corrected chi connectivity index (χ1v) is 4.22. The molecule has 0 aromatic rings. The number of hydrogen-bond donors (Lipinski definition) is 0. The van der Waals surface area contributed by atoms with Gasteiger partial charge in [0.2, 0.25) is 0 Å². The Balaban J connectivity index is 0.00000144. The summed E-state index contributed by atoms with van der Waals surface area (Å²) in [4.78, 5) is 0. The van der Waals surface area contributed by atoms with Gasteiger partial charge >= 0.3 is 6.36 Å². The van der Waals surface area contributed by atoms with Crippen molar-refractivity contribution in [3.05, 3.63) is 0 Å². The third-order valence-corrected chi connectivity index (χ3v) is 2.26. The van der Waals surface area contributed by atoms with Crippen LogP contribution in [0.2, 0.25) is 0 Å². The molecule has 0 amide bonds. The average Bonchev–Trinajstić information content (AvgIpc) is 1.91. The zero-order valence-electron chi connectivity index (χ0n) is 7.03. The van der Waals surface area contributed by atoms with Gasteiger partial charge in [-0.3, -0.25) is 4.74 Å². The van der Waals surface area contributed by atoms with Crippen LogP contribution in [0.5, 0.6) is 0 Å². The zero-order chi connectivity index (χ0) is 9.19. The molecule has 0 atom stereocenters.